The highest BCUT2D eigenvalue weighted by molar-refractivity contribution is 7.95. The van der Waals surface area contributed by atoms with Gasteiger partial charge in [0, 0.05) is 11.3 Å². The van der Waals surface area contributed by atoms with Gasteiger partial charge < -0.3 is 9.15 Å². The largest absolute Gasteiger partial charge is 0.462 e. The molecule has 0 N–H and O–H groups in total. The maximum Gasteiger partial charge on any atom is 0.342 e. The third-order valence-electron chi connectivity index (χ3n) is 5.71. The second-order valence-corrected chi connectivity index (χ2v) is 10.8. The van der Waals surface area contributed by atoms with E-state index >= 15 is 0 Å². The number of carbonyl (C=O) groups excluding carboxylic acids is 2. The first kappa shape index (κ1) is 22.5. The van der Waals surface area contributed by atoms with Gasteiger partial charge in [0.05, 0.1) is 12.3 Å². The van der Waals surface area contributed by atoms with E-state index in [9.17, 15) is 18.0 Å². The molecule has 0 atom stereocenters. The number of rotatable bonds is 6. The summed E-state index contributed by atoms with van der Waals surface area (Å²) in [5, 5.41) is 2.08. The number of furan rings is 1. The molecule has 1 aliphatic rings. The number of fused-ring (bicyclic) bond motifs is 1. The molecule has 4 rings (SSSR count). The van der Waals surface area contributed by atoms with Crippen molar-refractivity contribution in [1.29, 1.82) is 0 Å². The Bertz CT molecular complexity index is 1240. The molecule has 0 spiro atoms. The minimum Gasteiger partial charge on any atom is -0.462 e. The van der Waals surface area contributed by atoms with Crippen molar-refractivity contribution in [3.8, 4) is 0 Å². The van der Waals surface area contributed by atoms with Gasteiger partial charge in [0.1, 0.15) is 21.1 Å². The van der Waals surface area contributed by atoms with E-state index in [1.54, 1.807) is 37.4 Å². The molecule has 0 unspecified atom stereocenters. The zero-order valence-electron chi connectivity index (χ0n) is 18.0. The van der Waals surface area contributed by atoms with Crippen LogP contribution in [-0.2, 0) is 19.6 Å². The molecule has 1 aromatic carbocycles. The molecule has 1 amide bonds. The van der Waals surface area contributed by atoms with Crippen LogP contribution in [0.4, 0.5) is 5.69 Å². The van der Waals surface area contributed by atoms with Gasteiger partial charge in [-0.1, -0.05) is 25.3 Å². The molecule has 2 heterocycles. The van der Waals surface area contributed by atoms with E-state index in [-0.39, 0.29) is 28.0 Å². The van der Waals surface area contributed by atoms with E-state index in [1.165, 1.54) is 12.1 Å². The molecule has 1 saturated carbocycles. The zero-order valence-corrected chi connectivity index (χ0v) is 19.6. The Morgan fingerprint density at radius 2 is 1.94 bits per heavy atom. The number of hydrogen-bond donors (Lipinski definition) is 0. The molecular weight excluding hydrogens is 450 g/mol. The summed E-state index contributed by atoms with van der Waals surface area (Å²) >= 11 is 1.06. The Kier molecular flexibility index (Phi) is 6.39. The molecule has 32 heavy (non-hydrogen) atoms. The van der Waals surface area contributed by atoms with Gasteiger partial charge in [-0.05, 0) is 56.3 Å². The highest BCUT2D eigenvalue weighted by Crippen LogP contribution is 2.36. The van der Waals surface area contributed by atoms with Crippen LogP contribution in [-0.4, -0.2) is 26.9 Å². The average Bonchev–Trinajstić information content (AvgIpc) is 3.42. The Labute approximate surface area is 191 Å². The first-order chi connectivity index (χ1) is 15.3. The number of hydrogen-bond acceptors (Lipinski definition) is 7. The second-order valence-electron chi connectivity index (χ2n) is 7.81. The molecular formula is C23H25NO6S2. The van der Waals surface area contributed by atoms with Crippen molar-refractivity contribution in [2.75, 3.05) is 10.9 Å². The van der Waals surface area contributed by atoms with E-state index in [0.717, 1.165) is 34.9 Å². The van der Waals surface area contributed by atoms with Crippen LogP contribution >= 0.6 is 11.3 Å². The summed E-state index contributed by atoms with van der Waals surface area (Å²) < 4.78 is 38.9. The lowest BCUT2D eigenvalue weighted by Crippen LogP contribution is -2.41. The van der Waals surface area contributed by atoms with Crippen LogP contribution in [0.2, 0.25) is 0 Å². The summed E-state index contributed by atoms with van der Waals surface area (Å²) in [6.07, 6.45) is 4.17. The lowest BCUT2D eigenvalue weighted by atomic mass is 9.88. The van der Waals surface area contributed by atoms with Gasteiger partial charge in [0.2, 0.25) is 5.91 Å². The van der Waals surface area contributed by atoms with E-state index in [2.05, 4.69) is 0 Å². The minimum absolute atomic E-state index is 0.0933. The fraction of sp³-hybridized carbons (Fsp3) is 0.391. The number of anilines is 1. The van der Waals surface area contributed by atoms with Gasteiger partial charge in [-0.15, -0.1) is 11.3 Å². The molecule has 0 radical (unpaired) electrons. The van der Waals surface area contributed by atoms with Crippen molar-refractivity contribution >= 4 is 49.9 Å². The SMILES string of the molecule is CCOC(=O)c1c(C)oc2ccc(N(C(=O)C3CCCCC3)S(=O)(=O)c3cccs3)cc12. The van der Waals surface area contributed by atoms with Gasteiger partial charge in [0.25, 0.3) is 10.0 Å². The average molecular weight is 476 g/mol. The Morgan fingerprint density at radius 3 is 2.59 bits per heavy atom. The van der Waals surface area contributed by atoms with Crippen LogP contribution in [0.1, 0.15) is 55.1 Å². The number of esters is 1. The molecule has 0 saturated heterocycles. The van der Waals surface area contributed by atoms with Crippen LogP contribution in [0, 0.1) is 12.8 Å². The van der Waals surface area contributed by atoms with Crippen LogP contribution < -0.4 is 4.31 Å². The molecule has 2 aromatic heterocycles. The van der Waals surface area contributed by atoms with E-state index in [0.29, 0.717) is 29.6 Å². The third kappa shape index (κ3) is 4.06. The maximum atomic E-state index is 13.5. The number of ether oxygens (including phenoxy) is 1. The maximum absolute atomic E-state index is 13.5. The van der Waals surface area contributed by atoms with Crippen molar-refractivity contribution in [2.45, 2.75) is 50.2 Å². The third-order valence-corrected chi connectivity index (χ3v) is 8.80. The standard InChI is InChI=1S/C23H25NO6S2/c1-3-29-23(26)21-15(2)30-19-12-11-17(14-18(19)21)24(22(25)16-8-5-4-6-9-16)32(27,28)20-10-7-13-31-20/h7,10-14,16H,3-6,8-9H2,1-2H3. The van der Waals surface area contributed by atoms with E-state index in [1.807, 2.05) is 0 Å². The first-order valence-corrected chi connectivity index (χ1v) is 13.0. The number of benzene rings is 1. The van der Waals surface area contributed by atoms with Crippen LogP contribution in [0.15, 0.2) is 44.3 Å². The van der Waals surface area contributed by atoms with Crippen molar-refractivity contribution < 1.29 is 27.2 Å². The van der Waals surface area contributed by atoms with Crippen LogP contribution in [0.3, 0.4) is 0 Å². The Hall–Kier alpha value is -2.65. The van der Waals surface area contributed by atoms with Gasteiger partial charge in [-0.3, -0.25) is 4.79 Å². The number of thiophene rings is 1. The van der Waals surface area contributed by atoms with Gasteiger partial charge >= 0.3 is 5.97 Å². The molecule has 0 aliphatic heterocycles. The van der Waals surface area contributed by atoms with Gasteiger partial charge in [0.15, 0.2) is 0 Å². The summed E-state index contributed by atoms with van der Waals surface area (Å²) in [7, 11) is -4.11. The molecule has 170 valence electrons. The molecule has 9 heteroatoms. The minimum atomic E-state index is -4.11. The summed E-state index contributed by atoms with van der Waals surface area (Å²) in [6.45, 7) is 3.56. The fourth-order valence-corrected chi connectivity index (χ4v) is 6.72. The first-order valence-electron chi connectivity index (χ1n) is 10.7. The molecule has 1 fully saturated rings. The number of nitrogens with zero attached hydrogens (tertiary/aromatic N) is 1. The Morgan fingerprint density at radius 1 is 1.19 bits per heavy atom. The number of amides is 1. The van der Waals surface area contributed by atoms with Crippen LogP contribution in [0.25, 0.3) is 11.0 Å². The fourth-order valence-electron chi connectivity index (χ4n) is 4.19. The zero-order chi connectivity index (χ0) is 22.9. The topological polar surface area (TPSA) is 93.9 Å². The number of carbonyl (C=O) groups is 2. The van der Waals surface area contributed by atoms with Crippen molar-refractivity contribution in [2.24, 2.45) is 5.92 Å². The number of aryl methyl sites for hydroxylation is 1. The quantitative estimate of drug-likeness (QED) is 0.450. The summed E-state index contributed by atoms with van der Waals surface area (Å²) in [5.41, 5.74) is 0.850. The van der Waals surface area contributed by atoms with E-state index < -0.39 is 21.9 Å². The summed E-state index contributed by atoms with van der Waals surface area (Å²) in [5.74, 6) is -0.964. The molecule has 0 bridgehead atoms. The predicted molar refractivity (Wildman–Crippen MR) is 122 cm³/mol. The van der Waals surface area contributed by atoms with Crippen molar-refractivity contribution in [3.05, 3.63) is 47.0 Å². The lowest BCUT2D eigenvalue weighted by molar-refractivity contribution is -0.122. The lowest BCUT2D eigenvalue weighted by Gasteiger charge is -2.28. The highest BCUT2D eigenvalue weighted by atomic mass is 32.2. The molecule has 3 aromatic rings. The van der Waals surface area contributed by atoms with Crippen LogP contribution in [0.5, 0.6) is 0 Å². The monoisotopic (exact) mass is 475 g/mol. The van der Waals surface area contributed by atoms with E-state index in [4.69, 9.17) is 9.15 Å². The molecule has 7 nitrogen and oxygen atoms in total. The highest BCUT2D eigenvalue weighted by Gasteiger charge is 2.37. The molecule has 1 aliphatic carbocycles. The van der Waals surface area contributed by atoms with Crippen molar-refractivity contribution in [1.82, 2.24) is 0 Å². The van der Waals surface area contributed by atoms with Crippen molar-refractivity contribution in [3.63, 3.8) is 0 Å². The summed E-state index contributed by atoms with van der Waals surface area (Å²) in [4.78, 5) is 26.0. The predicted octanol–water partition coefficient (Wildman–Crippen LogP) is 5.28. The van der Waals surface area contributed by atoms with Gasteiger partial charge in [-0.2, -0.15) is 8.42 Å². The number of sulfonamides is 1. The second kappa shape index (κ2) is 9.07. The smallest absolute Gasteiger partial charge is 0.342 e. The Balaban J connectivity index is 1.86. The normalized spacial score (nSPS) is 15.1. The summed E-state index contributed by atoms with van der Waals surface area (Å²) in [6, 6.07) is 7.80. The van der Waals surface area contributed by atoms with Gasteiger partial charge in [-0.25, -0.2) is 9.10 Å².